The van der Waals surface area contributed by atoms with E-state index in [1.807, 2.05) is 0 Å². The molecule has 0 atom stereocenters. The van der Waals surface area contributed by atoms with Crippen LogP contribution in [0.3, 0.4) is 0 Å². The van der Waals surface area contributed by atoms with Gasteiger partial charge in [-0.1, -0.05) is 11.3 Å². The summed E-state index contributed by atoms with van der Waals surface area (Å²) in [5.41, 5.74) is 0.872. The molecule has 0 aliphatic carbocycles. The molecule has 0 radical (unpaired) electrons. The van der Waals surface area contributed by atoms with Crippen LogP contribution < -0.4 is 14.3 Å². The lowest BCUT2D eigenvalue weighted by molar-refractivity contribution is -0.143. The Morgan fingerprint density at radius 2 is 1.86 bits per heavy atom. The van der Waals surface area contributed by atoms with E-state index >= 15 is 0 Å². The second-order valence-electron chi connectivity index (χ2n) is 5.87. The van der Waals surface area contributed by atoms with Gasteiger partial charge in [-0.3, -0.25) is 9.59 Å². The van der Waals surface area contributed by atoms with E-state index < -0.39 is 17.7 Å². The SMILES string of the molecule is CCOC(=O)Cn1c(=NC(=O)c2ccc(OC)c(OC)c2)sc2cc(F)ccc21. The molecule has 0 bridgehead atoms. The predicted molar refractivity (Wildman–Crippen MR) is 106 cm³/mol. The Balaban J connectivity index is 2.08. The van der Waals surface area contributed by atoms with Gasteiger partial charge in [0.25, 0.3) is 5.91 Å². The number of halogens is 1. The number of aromatic nitrogens is 1. The number of rotatable bonds is 6. The molecule has 0 saturated heterocycles. The van der Waals surface area contributed by atoms with Crippen molar-refractivity contribution in [2.75, 3.05) is 20.8 Å². The number of methoxy groups -OCH3 is 2. The van der Waals surface area contributed by atoms with Crippen LogP contribution in [0.1, 0.15) is 17.3 Å². The van der Waals surface area contributed by atoms with Gasteiger partial charge in [0, 0.05) is 5.56 Å². The fraction of sp³-hybridized carbons (Fsp3) is 0.250. The number of amides is 1. The molecule has 0 fully saturated rings. The average Bonchev–Trinajstić information content (AvgIpc) is 3.03. The van der Waals surface area contributed by atoms with Gasteiger partial charge in [-0.25, -0.2) is 4.39 Å². The lowest BCUT2D eigenvalue weighted by Crippen LogP contribution is -2.23. The third-order valence-electron chi connectivity index (χ3n) is 4.07. The van der Waals surface area contributed by atoms with Crippen molar-refractivity contribution in [2.24, 2.45) is 4.99 Å². The predicted octanol–water partition coefficient (Wildman–Crippen LogP) is 3.16. The van der Waals surface area contributed by atoms with Crippen LogP contribution in [-0.4, -0.2) is 37.3 Å². The molecule has 0 unspecified atom stereocenters. The molecule has 0 aliphatic rings. The molecule has 0 saturated carbocycles. The van der Waals surface area contributed by atoms with Crippen molar-refractivity contribution in [3.8, 4) is 11.5 Å². The van der Waals surface area contributed by atoms with Crippen LogP contribution in [0.15, 0.2) is 41.4 Å². The van der Waals surface area contributed by atoms with E-state index in [-0.39, 0.29) is 23.5 Å². The van der Waals surface area contributed by atoms with E-state index in [4.69, 9.17) is 14.2 Å². The highest BCUT2D eigenvalue weighted by atomic mass is 32.1. The zero-order valence-electron chi connectivity index (χ0n) is 16.1. The lowest BCUT2D eigenvalue weighted by Gasteiger charge is -2.08. The van der Waals surface area contributed by atoms with Gasteiger partial charge in [0.05, 0.1) is 31.0 Å². The molecule has 0 aliphatic heterocycles. The molecular weight excluding hydrogens is 399 g/mol. The Bertz CT molecular complexity index is 1140. The minimum Gasteiger partial charge on any atom is -0.493 e. The molecule has 3 aromatic rings. The summed E-state index contributed by atoms with van der Waals surface area (Å²) in [7, 11) is 2.97. The molecule has 3 rings (SSSR count). The first-order valence-electron chi connectivity index (χ1n) is 8.72. The smallest absolute Gasteiger partial charge is 0.326 e. The molecule has 1 heterocycles. The first-order valence-corrected chi connectivity index (χ1v) is 9.54. The number of ether oxygens (including phenoxy) is 3. The van der Waals surface area contributed by atoms with Crippen molar-refractivity contribution in [1.29, 1.82) is 0 Å². The Morgan fingerprint density at radius 1 is 1.10 bits per heavy atom. The highest BCUT2D eigenvalue weighted by Crippen LogP contribution is 2.28. The van der Waals surface area contributed by atoms with Gasteiger partial charge in [0.2, 0.25) is 0 Å². The highest BCUT2D eigenvalue weighted by molar-refractivity contribution is 7.16. The van der Waals surface area contributed by atoms with Crippen LogP contribution in [0.4, 0.5) is 4.39 Å². The zero-order valence-corrected chi connectivity index (χ0v) is 16.9. The van der Waals surface area contributed by atoms with Crippen molar-refractivity contribution in [2.45, 2.75) is 13.5 Å². The zero-order chi connectivity index (χ0) is 21.0. The van der Waals surface area contributed by atoms with Gasteiger partial charge < -0.3 is 18.8 Å². The Labute approximate surface area is 170 Å². The largest absolute Gasteiger partial charge is 0.493 e. The minimum atomic E-state index is -0.532. The van der Waals surface area contributed by atoms with E-state index in [2.05, 4.69) is 4.99 Å². The quantitative estimate of drug-likeness (QED) is 0.575. The van der Waals surface area contributed by atoms with Gasteiger partial charge in [-0.15, -0.1) is 0 Å². The lowest BCUT2D eigenvalue weighted by atomic mass is 10.2. The van der Waals surface area contributed by atoms with Gasteiger partial charge in [-0.05, 0) is 43.3 Å². The van der Waals surface area contributed by atoms with Gasteiger partial charge in [-0.2, -0.15) is 4.99 Å². The first-order chi connectivity index (χ1) is 14.0. The number of esters is 1. The van der Waals surface area contributed by atoms with Crippen molar-refractivity contribution in [1.82, 2.24) is 4.57 Å². The van der Waals surface area contributed by atoms with Crippen LogP contribution in [0.5, 0.6) is 11.5 Å². The second-order valence-corrected chi connectivity index (χ2v) is 6.88. The van der Waals surface area contributed by atoms with Crippen molar-refractivity contribution >= 4 is 33.4 Å². The second kappa shape index (κ2) is 8.87. The number of benzene rings is 2. The summed E-state index contributed by atoms with van der Waals surface area (Å²) in [6.07, 6.45) is 0. The highest BCUT2D eigenvalue weighted by Gasteiger charge is 2.15. The molecule has 152 valence electrons. The van der Waals surface area contributed by atoms with Gasteiger partial charge in [0.15, 0.2) is 16.3 Å². The topological polar surface area (TPSA) is 79.1 Å². The maximum absolute atomic E-state index is 13.6. The maximum Gasteiger partial charge on any atom is 0.326 e. The van der Waals surface area contributed by atoms with E-state index in [1.54, 1.807) is 25.1 Å². The molecule has 29 heavy (non-hydrogen) atoms. The Hall–Kier alpha value is -3.20. The Kier molecular flexibility index (Phi) is 6.28. The van der Waals surface area contributed by atoms with E-state index in [0.29, 0.717) is 21.7 Å². The third-order valence-corrected chi connectivity index (χ3v) is 5.11. The molecule has 9 heteroatoms. The number of hydrogen-bond donors (Lipinski definition) is 0. The monoisotopic (exact) mass is 418 g/mol. The normalized spacial score (nSPS) is 11.5. The Morgan fingerprint density at radius 3 is 2.55 bits per heavy atom. The van der Waals surface area contributed by atoms with Crippen molar-refractivity contribution in [3.63, 3.8) is 0 Å². The molecule has 2 aromatic carbocycles. The van der Waals surface area contributed by atoms with E-state index in [0.717, 1.165) is 11.3 Å². The molecule has 1 aromatic heterocycles. The van der Waals surface area contributed by atoms with Crippen LogP contribution in [0, 0.1) is 5.82 Å². The number of thiazole rings is 1. The van der Waals surface area contributed by atoms with Crippen LogP contribution >= 0.6 is 11.3 Å². The molecule has 0 spiro atoms. The minimum absolute atomic E-state index is 0.141. The number of fused-ring (bicyclic) bond motifs is 1. The first kappa shape index (κ1) is 20.5. The standard InChI is InChI=1S/C20H19FN2O5S/c1-4-28-18(24)11-23-14-7-6-13(21)10-17(14)29-20(23)22-19(25)12-5-8-15(26-2)16(9-12)27-3/h5-10H,4,11H2,1-3H3. The maximum atomic E-state index is 13.6. The number of carbonyl (C=O) groups is 2. The van der Waals surface area contributed by atoms with Gasteiger partial charge >= 0.3 is 5.97 Å². The number of hydrogen-bond acceptors (Lipinski definition) is 6. The number of nitrogens with zero attached hydrogens (tertiary/aromatic N) is 2. The fourth-order valence-corrected chi connectivity index (χ4v) is 3.79. The van der Waals surface area contributed by atoms with Gasteiger partial charge in [0.1, 0.15) is 12.4 Å². The van der Waals surface area contributed by atoms with E-state index in [1.165, 1.54) is 37.0 Å². The van der Waals surface area contributed by atoms with E-state index in [9.17, 15) is 14.0 Å². The average molecular weight is 418 g/mol. The molecule has 1 amide bonds. The summed E-state index contributed by atoms with van der Waals surface area (Å²) in [5.74, 6) is -0.544. The summed E-state index contributed by atoms with van der Waals surface area (Å²) in [4.78, 5) is 29.2. The summed E-state index contributed by atoms with van der Waals surface area (Å²) in [6, 6.07) is 8.86. The van der Waals surface area contributed by atoms with Crippen LogP contribution in [0.2, 0.25) is 0 Å². The summed E-state index contributed by atoms with van der Waals surface area (Å²) in [5, 5.41) is 0. The molecule has 0 N–H and O–H groups in total. The van der Waals surface area contributed by atoms with Crippen molar-refractivity contribution in [3.05, 3.63) is 52.6 Å². The fourth-order valence-electron chi connectivity index (χ4n) is 2.74. The third kappa shape index (κ3) is 4.45. The summed E-state index contributed by atoms with van der Waals surface area (Å²) < 4.78 is 31.1. The summed E-state index contributed by atoms with van der Waals surface area (Å²) >= 11 is 1.11. The van der Waals surface area contributed by atoms with Crippen molar-refractivity contribution < 1.29 is 28.2 Å². The summed E-state index contributed by atoms with van der Waals surface area (Å²) in [6.45, 7) is 1.79. The number of carbonyl (C=O) groups excluding carboxylic acids is 2. The van der Waals surface area contributed by atoms with Crippen LogP contribution in [0.25, 0.3) is 10.2 Å². The van der Waals surface area contributed by atoms with Crippen LogP contribution in [-0.2, 0) is 16.1 Å². The molecule has 7 nitrogen and oxygen atoms in total. The molecular formula is C20H19FN2O5S.